The second kappa shape index (κ2) is 5.37. The lowest BCUT2D eigenvalue weighted by molar-refractivity contribution is -0.123. The molecule has 0 aromatic heterocycles. The summed E-state index contributed by atoms with van der Waals surface area (Å²) in [5.41, 5.74) is 3.50. The Morgan fingerprint density at radius 2 is 2.10 bits per heavy atom. The van der Waals surface area contributed by atoms with Gasteiger partial charge in [-0.15, -0.1) is 0 Å². The quantitative estimate of drug-likeness (QED) is 0.925. The molecule has 0 saturated carbocycles. The van der Waals surface area contributed by atoms with Gasteiger partial charge in [-0.3, -0.25) is 4.79 Å². The largest absolute Gasteiger partial charge is 0.497 e. The summed E-state index contributed by atoms with van der Waals surface area (Å²) in [7, 11) is 1.64. The van der Waals surface area contributed by atoms with E-state index < -0.39 is 0 Å². The molecule has 1 amide bonds. The Morgan fingerprint density at radius 1 is 1.25 bits per heavy atom. The van der Waals surface area contributed by atoms with Gasteiger partial charge < -0.3 is 10.1 Å². The third-order valence-electron chi connectivity index (χ3n) is 3.77. The van der Waals surface area contributed by atoms with Gasteiger partial charge in [0.25, 0.3) is 0 Å². The molecule has 0 unspecified atom stereocenters. The zero-order valence-electron chi connectivity index (χ0n) is 11.4. The Kier molecular flexibility index (Phi) is 3.42. The Hall–Kier alpha value is -2.29. The van der Waals surface area contributed by atoms with Gasteiger partial charge in [0.2, 0.25) is 5.91 Å². The zero-order valence-corrected chi connectivity index (χ0v) is 11.4. The molecule has 102 valence electrons. The van der Waals surface area contributed by atoms with Crippen LogP contribution in [0.4, 0.5) is 0 Å². The van der Waals surface area contributed by atoms with E-state index in [9.17, 15) is 4.79 Å². The van der Waals surface area contributed by atoms with E-state index in [1.807, 2.05) is 42.5 Å². The van der Waals surface area contributed by atoms with Gasteiger partial charge >= 0.3 is 0 Å². The van der Waals surface area contributed by atoms with Crippen LogP contribution in [0, 0.1) is 0 Å². The maximum Gasteiger partial charge on any atom is 0.228 e. The summed E-state index contributed by atoms with van der Waals surface area (Å²) < 4.78 is 5.18. The van der Waals surface area contributed by atoms with Gasteiger partial charge in [-0.1, -0.05) is 36.4 Å². The summed E-state index contributed by atoms with van der Waals surface area (Å²) in [6, 6.07) is 15.9. The number of nitrogens with one attached hydrogen (secondary N) is 1. The highest BCUT2D eigenvalue weighted by Crippen LogP contribution is 2.34. The number of carbonyl (C=O) groups excluding carboxylic acids is 1. The minimum absolute atomic E-state index is 0.0109. The topological polar surface area (TPSA) is 38.3 Å². The van der Waals surface area contributed by atoms with Gasteiger partial charge in [-0.2, -0.15) is 0 Å². The van der Waals surface area contributed by atoms with Gasteiger partial charge in [0, 0.05) is 6.54 Å². The van der Waals surface area contributed by atoms with Crippen LogP contribution in [0.25, 0.3) is 0 Å². The van der Waals surface area contributed by atoms with Crippen molar-refractivity contribution in [3.63, 3.8) is 0 Å². The van der Waals surface area contributed by atoms with Crippen LogP contribution in [0.2, 0.25) is 0 Å². The fourth-order valence-corrected chi connectivity index (χ4v) is 2.59. The van der Waals surface area contributed by atoms with Crippen LogP contribution < -0.4 is 10.1 Å². The monoisotopic (exact) mass is 267 g/mol. The van der Waals surface area contributed by atoms with E-state index in [1.54, 1.807) is 7.11 Å². The normalized spacial score (nSPS) is 15.9. The minimum Gasteiger partial charge on any atom is -0.497 e. The second-order valence-electron chi connectivity index (χ2n) is 5.02. The lowest BCUT2D eigenvalue weighted by Gasteiger charge is -2.28. The Morgan fingerprint density at radius 3 is 2.90 bits per heavy atom. The molecule has 3 nitrogen and oxygen atoms in total. The molecule has 0 bridgehead atoms. The van der Waals surface area contributed by atoms with Crippen LogP contribution in [-0.2, 0) is 17.8 Å². The standard InChI is InChI=1S/C17H17NO2/c1-20-14-7-4-5-12(9-14)11-18-17(19)16-10-13-6-2-3-8-15(13)16/h2-9,16H,10-11H2,1H3,(H,18,19)/t16-/m1/s1. The van der Waals surface area contributed by atoms with Crippen LogP contribution >= 0.6 is 0 Å². The number of ether oxygens (including phenoxy) is 1. The average molecular weight is 267 g/mol. The fraction of sp³-hybridized carbons (Fsp3) is 0.235. The lowest BCUT2D eigenvalue weighted by Crippen LogP contribution is -2.35. The van der Waals surface area contributed by atoms with Gasteiger partial charge in [0.15, 0.2) is 0 Å². The number of methoxy groups -OCH3 is 1. The Bertz CT molecular complexity index is 636. The van der Waals surface area contributed by atoms with E-state index in [1.165, 1.54) is 5.56 Å². The maximum absolute atomic E-state index is 12.2. The first-order valence-electron chi connectivity index (χ1n) is 6.76. The summed E-state index contributed by atoms with van der Waals surface area (Å²) in [5.74, 6) is 0.925. The number of carbonyl (C=O) groups is 1. The number of fused-ring (bicyclic) bond motifs is 1. The highest BCUT2D eigenvalue weighted by molar-refractivity contribution is 5.86. The van der Waals surface area contributed by atoms with E-state index in [0.29, 0.717) is 6.54 Å². The molecule has 1 atom stereocenters. The number of amides is 1. The summed E-state index contributed by atoms with van der Waals surface area (Å²) in [6.07, 6.45) is 0.847. The number of rotatable bonds is 4. The van der Waals surface area contributed by atoms with Crippen molar-refractivity contribution in [3.8, 4) is 5.75 Å². The molecule has 0 heterocycles. The SMILES string of the molecule is COc1cccc(CNC(=O)[C@@H]2Cc3ccccc32)c1. The number of benzene rings is 2. The Balaban J connectivity index is 1.61. The van der Waals surface area contributed by atoms with Crippen molar-refractivity contribution < 1.29 is 9.53 Å². The predicted molar refractivity (Wildman–Crippen MR) is 77.7 cm³/mol. The summed E-state index contributed by atoms with van der Waals surface area (Å²) in [4.78, 5) is 12.2. The number of hydrogen-bond acceptors (Lipinski definition) is 2. The van der Waals surface area contributed by atoms with Crippen LogP contribution in [0.5, 0.6) is 5.75 Å². The molecular formula is C17H17NO2. The summed E-state index contributed by atoms with van der Waals surface area (Å²) in [5, 5.41) is 3.00. The highest BCUT2D eigenvalue weighted by Gasteiger charge is 2.31. The molecule has 2 aromatic carbocycles. The van der Waals surface area contributed by atoms with Crippen molar-refractivity contribution in [3.05, 3.63) is 65.2 Å². The molecule has 1 aliphatic rings. The van der Waals surface area contributed by atoms with Crippen LogP contribution in [-0.4, -0.2) is 13.0 Å². The zero-order chi connectivity index (χ0) is 13.9. The molecule has 0 spiro atoms. The molecule has 0 aliphatic heterocycles. The molecule has 0 fully saturated rings. The molecular weight excluding hydrogens is 250 g/mol. The van der Waals surface area contributed by atoms with Crippen molar-refractivity contribution in [2.24, 2.45) is 0 Å². The van der Waals surface area contributed by atoms with Crippen molar-refractivity contribution in [1.29, 1.82) is 0 Å². The average Bonchev–Trinajstić information content (AvgIpc) is 2.46. The molecule has 20 heavy (non-hydrogen) atoms. The van der Waals surface area contributed by atoms with E-state index >= 15 is 0 Å². The lowest BCUT2D eigenvalue weighted by atomic mass is 9.77. The van der Waals surface area contributed by atoms with Crippen molar-refractivity contribution >= 4 is 5.91 Å². The first-order valence-corrected chi connectivity index (χ1v) is 6.76. The molecule has 3 rings (SSSR count). The molecule has 0 saturated heterocycles. The minimum atomic E-state index is 0.0109. The van der Waals surface area contributed by atoms with E-state index in [2.05, 4.69) is 11.4 Å². The third-order valence-corrected chi connectivity index (χ3v) is 3.77. The van der Waals surface area contributed by atoms with Crippen molar-refractivity contribution in [1.82, 2.24) is 5.32 Å². The van der Waals surface area contributed by atoms with Gasteiger partial charge in [-0.25, -0.2) is 0 Å². The first kappa shape index (κ1) is 12.7. The van der Waals surface area contributed by atoms with E-state index in [0.717, 1.165) is 23.3 Å². The highest BCUT2D eigenvalue weighted by atomic mass is 16.5. The van der Waals surface area contributed by atoms with Gasteiger partial charge in [0.1, 0.15) is 5.75 Å². The van der Waals surface area contributed by atoms with Crippen LogP contribution in [0.1, 0.15) is 22.6 Å². The van der Waals surface area contributed by atoms with Crippen molar-refractivity contribution in [2.45, 2.75) is 18.9 Å². The second-order valence-corrected chi connectivity index (χ2v) is 5.02. The molecule has 3 heteroatoms. The van der Waals surface area contributed by atoms with E-state index in [4.69, 9.17) is 4.74 Å². The summed E-state index contributed by atoms with van der Waals surface area (Å²) >= 11 is 0. The maximum atomic E-state index is 12.2. The third kappa shape index (κ3) is 2.39. The first-order chi connectivity index (χ1) is 9.78. The molecule has 0 radical (unpaired) electrons. The summed E-state index contributed by atoms with van der Waals surface area (Å²) in [6.45, 7) is 0.536. The fourth-order valence-electron chi connectivity index (χ4n) is 2.59. The van der Waals surface area contributed by atoms with Crippen molar-refractivity contribution in [2.75, 3.05) is 7.11 Å². The molecule has 1 aliphatic carbocycles. The molecule has 1 N–H and O–H groups in total. The smallest absolute Gasteiger partial charge is 0.228 e. The van der Waals surface area contributed by atoms with E-state index in [-0.39, 0.29) is 11.8 Å². The van der Waals surface area contributed by atoms with Crippen LogP contribution in [0.15, 0.2) is 48.5 Å². The Labute approximate surface area is 118 Å². The van der Waals surface area contributed by atoms with Crippen LogP contribution in [0.3, 0.4) is 0 Å². The van der Waals surface area contributed by atoms with Gasteiger partial charge in [0.05, 0.1) is 13.0 Å². The predicted octanol–water partition coefficient (Wildman–Crippen LogP) is 2.65. The number of hydrogen-bond donors (Lipinski definition) is 1. The molecule has 2 aromatic rings. The van der Waals surface area contributed by atoms with Gasteiger partial charge in [-0.05, 0) is 35.2 Å².